The molecule has 2 aromatic rings. The van der Waals surface area contributed by atoms with Crippen LogP contribution < -0.4 is 20.9 Å². The standard InChI is InChI=1S/C34H48N2O6/c1-3-5-9-21-39-29-17-13-27(14-18-29)25-31(35)33(37)41-23-11-7-8-12-24-42-34(38)32(36)26-28-15-19-30(20-16-28)40-22-10-6-4-2/h3-4,13-20,31-32H,1-2,5-12,21-26,35-36H2. The summed E-state index contributed by atoms with van der Waals surface area (Å²) in [7, 11) is 0. The van der Waals surface area contributed by atoms with E-state index in [1.807, 2.05) is 60.7 Å². The molecule has 0 amide bonds. The van der Waals surface area contributed by atoms with Gasteiger partial charge in [-0.2, -0.15) is 0 Å². The molecule has 0 heterocycles. The quantitative estimate of drug-likeness (QED) is 0.101. The van der Waals surface area contributed by atoms with Gasteiger partial charge in [0.1, 0.15) is 23.6 Å². The highest BCUT2D eigenvalue weighted by atomic mass is 16.5. The molecule has 4 N–H and O–H groups in total. The van der Waals surface area contributed by atoms with E-state index in [0.717, 1.165) is 74.0 Å². The molecule has 0 spiro atoms. The first-order chi connectivity index (χ1) is 20.4. The number of carbonyl (C=O) groups excluding carboxylic acids is 2. The van der Waals surface area contributed by atoms with Crippen LogP contribution in [0.3, 0.4) is 0 Å². The van der Waals surface area contributed by atoms with Crippen molar-refractivity contribution >= 4 is 11.9 Å². The van der Waals surface area contributed by atoms with Gasteiger partial charge in [0, 0.05) is 0 Å². The molecule has 0 saturated carbocycles. The number of unbranched alkanes of at least 4 members (excludes halogenated alkanes) is 5. The highest BCUT2D eigenvalue weighted by Gasteiger charge is 2.17. The summed E-state index contributed by atoms with van der Waals surface area (Å²) in [5.41, 5.74) is 14.0. The SMILES string of the molecule is C=CCCCOc1ccc(CC(N)C(=O)OCCCCCCOC(=O)C(N)Cc2ccc(OCCCC=C)cc2)cc1. The maximum atomic E-state index is 12.2. The highest BCUT2D eigenvalue weighted by Crippen LogP contribution is 2.15. The van der Waals surface area contributed by atoms with Crippen molar-refractivity contribution in [2.75, 3.05) is 26.4 Å². The maximum Gasteiger partial charge on any atom is 0.323 e. The van der Waals surface area contributed by atoms with Gasteiger partial charge in [0.05, 0.1) is 26.4 Å². The Bertz CT molecular complexity index is 969. The summed E-state index contributed by atoms with van der Waals surface area (Å²) in [5.74, 6) is 0.764. The van der Waals surface area contributed by atoms with Crippen LogP contribution in [0.5, 0.6) is 11.5 Å². The van der Waals surface area contributed by atoms with Crippen molar-refractivity contribution in [1.29, 1.82) is 0 Å². The van der Waals surface area contributed by atoms with E-state index in [1.54, 1.807) is 0 Å². The van der Waals surface area contributed by atoms with Gasteiger partial charge >= 0.3 is 11.9 Å². The van der Waals surface area contributed by atoms with Crippen LogP contribution >= 0.6 is 0 Å². The van der Waals surface area contributed by atoms with Gasteiger partial charge < -0.3 is 30.4 Å². The fourth-order valence-electron chi connectivity index (χ4n) is 4.07. The van der Waals surface area contributed by atoms with E-state index in [9.17, 15) is 9.59 Å². The largest absolute Gasteiger partial charge is 0.494 e. The van der Waals surface area contributed by atoms with Crippen molar-refractivity contribution in [2.45, 2.75) is 76.3 Å². The predicted octanol–water partition coefficient (Wildman–Crippen LogP) is 5.46. The number of hydrogen-bond acceptors (Lipinski definition) is 8. The van der Waals surface area contributed by atoms with Crippen molar-refractivity contribution in [3.63, 3.8) is 0 Å². The van der Waals surface area contributed by atoms with Crippen LogP contribution in [0.15, 0.2) is 73.8 Å². The molecule has 0 aliphatic rings. The molecule has 2 unspecified atom stereocenters. The molecule has 0 radical (unpaired) electrons. The average Bonchev–Trinajstić information content (AvgIpc) is 3.00. The summed E-state index contributed by atoms with van der Waals surface area (Å²) in [6.07, 6.45) is 11.4. The average molecular weight is 581 g/mol. The van der Waals surface area contributed by atoms with Crippen LogP contribution in [0, 0.1) is 0 Å². The summed E-state index contributed by atoms with van der Waals surface area (Å²) >= 11 is 0. The van der Waals surface area contributed by atoms with E-state index >= 15 is 0 Å². The predicted molar refractivity (Wildman–Crippen MR) is 166 cm³/mol. The second-order valence-corrected chi connectivity index (χ2v) is 10.2. The van der Waals surface area contributed by atoms with Crippen LogP contribution in [0.2, 0.25) is 0 Å². The zero-order chi connectivity index (χ0) is 30.4. The van der Waals surface area contributed by atoms with Gasteiger partial charge in [-0.3, -0.25) is 9.59 Å². The number of nitrogens with two attached hydrogens (primary N) is 2. The van der Waals surface area contributed by atoms with Gasteiger partial charge in [0.25, 0.3) is 0 Å². The van der Waals surface area contributed by atoms with Gasteiger partial charge in [-0.1, -0.05) is 36.4 Å². The molecule has 0 bridgehead atoms. The van der Waals surface area contributed by atoms with Crippen LogP contribution in [0.4, 0.5) is 0 Å². The number of rotatable bonds is 23. The van der Waals surface area contributed by atoms with Gasteiger partial charge in [-0.05, 0) is 99.6 Å². The monoisotopic (exact) mass is 580 g/mol. The molecule has 8 heteroatoms. The maximum absolute atomic E-state index is 12.2. The van der Waals surface area contributed by atoms with Gasteiger partial charge in [-0.15, -0.1) is 13.2 Å². The Morgan fingerprint density at radius 3 is 1.33 bits per heavy atom. The van der Waals surface area contributed by atoms with E-state index in [4.69, 9.17) is 30.4 Å². The van der Waals surface area contributed by atoms with E-state index in [-0.39, 0.29) is 0 Å². The summed E-state index contributed by atoms with van der Waals surface area (Å²) in [6.45, 7) is 9.30. The Kier molecular flexibility index (Phi) is 17.4. The summed E-state index contributed by atoms with van der Waals surface area (Å²) < 4.78 is 22.0. The van der Waals surface area contributed by atoms with Crippen LogP contribution in [0.1, 0.15) is 62.5 Å². The number of hydrogen-bond donors (Lipinski definition) is 2. The molecular weight excluding hydrogens is 532 g/mol. The lowest BCUT2D eigenvalue weighted by Gasteiger charge is -2.13. The minimum atomic E-state index is -0.716. The van der Waals surface area contributed by atoms with Gasteiger partial charge in [0.2, 0.25) is 0 Å². The summed E-state index contributed by atoms with van der Waals surface area (Å²) in [4.78, 5) is 24.5. The zero-order valence-electron chi connectivity index (χ0n) is 24.8. The van der Waals surface area contributed by atoms with Crippen LogP contribution in [-0.4, -0.2) is 50.4 Å². The summed E-state index contributed by atoms with van der Waals surface area (Å²) in [6, 6.07) is 13.8. The molecular formula is C34H48N2O6. The third-order valence-corrected chi connectivity index (χ3v) is 6.53. The van der Waals surface area contributed by atoms with Gasteiger partial charge in [-0.25, -0.2) is 0 Å². The van der Waals surface area contributed by atoms with E-state index in [0.29, 0.717) is 39.3 Å². The normalized spacial score (nSPS) is 12.1. The van der Waals surface area contributed by atoms with Crippen molar-refractivity contribution in [3.8, 4) is 11.5 Å². The number of carbonyl (C=O) groups is 2. The number of allylic oxidation sites excluding steroid dienone is 2. The third-order valence-electron chi connectivity index (χ3n) is 6.53. The smallest absolute Gasteiger partial charge is 0.323 e. The summed E-state index contributed by atoms with van der Waals surface area (Å²) in [5, 5.41) is 0. The zero-order valence-corrected chi connectivity index (χ0v) is 24.8. The molecule has 0 aromatic heterocycles. The fourth-order valence-corrected chi connectivity index (χ4v) is 4.07. The van der Waals surface area contributed by atoms with Crippen LogP contribution in [0.25, 0.3) is 0 Å². The Labute approximate surface area is 251 Å². The molecule has 2 rings (SSSR count). The van der Waals surface area contributed by atoms with Crippen LogP contribution in [-0.2, 0) is 31.9 Å². The first kappa shape index (κ1) is 34.6. The van der Waals surface area contributed by atoms with E-state index in [2.05, 4.69) is 13.2 Å². The highest BCUT2D eigenvalue weighted by molar-refractivity contribution is 5.76. The molecule has 2 aromatic carbocycles. The van der Waals surface area contributed by atoms with Crippen molar-refractivity contribution in [2.24, 2.45) is 11.5 Å². The van der Waals surface area contributed by atoms with Crippen molar-refractivity contribution in [3.05, 3.63) is 85.0 Å². The Morgan fingerprint density at radius 1 is 0.595 bits per heavy atom. The lowest BCUT2D eigenvalue weighted by atomic mass is 10.1. The first-order valence-corrected chi connectivity index (χ1v) is 14.9. The minimum Gasteiger partial charge on any atom is -0.494 e. The van der Waals surface area contributed by atoms with Crippen molar-refractivity contribution in [1.82, 2.24) is 0 Å². The Hall–Kier alpha value is -3.62. The second-order valence-electron chi connectivity index (χ2n) is 10.2. The topological polar surface area (TPSA) is 123 Å². The Morgan fingerprint density at radius 2 is 0.976 bits per heavy atom. The molecule has 8 nitrogen and oxygen atoms in total. The lowest BCUT2D eigenvalue weighted by molar-refractivity contribution is -0.146. The third kappa shape index (κ3) is 14.8. The second kappa shape index (κ2) is 21.1. The molecule has 0 aliphatic carbocycles. The number of ether oxygens (including phenoxy) is 4. The first-order valence-electron chi connectivity index (χ1n) is 14.9. The molecule has 0 saturated heterocycles. The molecule has 2 atom stereocenters. The molecule has 0 fully saturated rings. The molecule has 42 heavy (non-hydrogen) atoms. The minimum absolute atomic E-state index is 0.313. The fraction of sp³-hybridized carbons (Fsp3) is 0.471. The van der Waals surface area contributed by atoms with Gasteiger partial charge in [0.15, 0.2) is 0 Å². The van der Waals surface area contributed by atoms with E-state index < -0.39 is 24.0 Å². The van der Waals surface area contributed by atoms with E-state index in [1.165, 1.54) is 0 Å². The molecule has 0 aliphatic heterocycles. The number of esters is 2. The molecule has 230 valence electrons. The van der Waals surface area contributed by atoms with Crippen molar-refractivity contribution < 1.29 is 28.5 Å². The lowest BCUT2D eigenvalue weighted by Crippen LogP contribution is -2.34. The Balaban J connectivity index is 1.51. The number of benzene rings is 2.